The highest BCUT2D eigenvalue weighted by Crippen LogP contribution is 2.33. The number of nitrogen functional groups attached to an aromatic ring is 1. The van der Waals surface area contributed by atoms with E-state index in [2.05, 4.69) is 30.6 Å². The van der Waals surface area contributed by atoms with Gasteiger partial charge in [0.15, 0.2) is 52.3 Å². The molecular weight excluding hydrogens is 694 g/mol. The number of carbonyl (C=O) groups excluding carboxylic acids is 2. The Balaban J connectivity index is 1.12. The monoisotopic (exact) mass is 735 g/mol. The minimum absolute atomic E-state index is 0.0497. The first kappa shape index (κ1) is 36.9. The van der Waals surface area contributed by atoms with Gasteiger partial charge in [0, 0.05) is 33.1 Å². The predicted octanol–water partition coefficient (Wildman–Crippen LogP) is -0.661. The van der Waals surface area contributed by atoms with E-state index in [0.717, 1.165) is 4.57 Å². The summed E-state index contributed by atoms with van der Waals surface area (Å²) >= 11 is 0. The Bertz CT molecular complexity index is 2310. The summed E-state index contributed by atoms with van der Waals surface area (Å²) in [6, 6.07) is 5.05. The number of methoxy groups -OCH3 is 1. The number of imidazole rings is 2. The van der Waals surface area contributed by atoms with Gasteiger partial charge >= 0.3 is 5.69 Å². The number of aliphatic hydroxyl groups excluding tert-OH is 2. The Kier molecular flexibility index (Phi) is 10.5. The molecule has 4 aromatic heterocycles. The van der Waals surface area contributed by atoms with Gasteiger partial charge in [-0.3, -0.25) is 28.1 Å². The van der Waals surface area contributed by atoms with E-state index in [4.69, 9.17) is 19.9 Å². The maximum atomic E-state index is 13.4. The molecule has 20 nitrogen and oxygen atoms in total. The number of carbonyl (C=O) groups is 2. The van der Waals surface area contributed by atoms with Crippen LogP contribution in [0, 0.1) is 0 Å². The molecule has 4 atom stereocenters. The number of amides is 1. The number of fused-ring (bicyclic) bond motifs is 2. The van der Waals surface area contributed by atoms with Crippen LogP contribution in [0.3, 0.4) is 0 Å². The van der Waals surface area contributed by atoms with Crippen LogP contribution in [0.25, 0.3) is 22.3 Å². The van der Waals surface area contributed by atoms with Gasteiger partial charge in [-0.25, -0.2) is 14.8 Å². The van der Waals surface area contributed by atoms with Gasteiger partial charge in [-0.1, -0.05) is 6.07 Å². The number of nitrogens with zero attached hydrogens (tertiary/aromatic N) is 8. The van der Waals surface area contributed by atoms with Crippen LogP contribution in [-0.2, 0) is 36.1 Å². The molecule has 0 aliphatic carbocycles. The number of likely N-dealkylation sites (N-methyl/N-ethyl adjacent to an activating group) is 1. The van der Waals surface area contributed by atoms with Crippen LogP contribution >= 0.6 is 0 Å². The molecule has 0 bridgehead atoms. The maximum absolute atomic E-state index is 13.4. The Morgan fingerprint density at radius 1 is 1.02 bits per heavy atom. The van der Waals surface area contributed by atoms with Crippen LogP contribution in [0.2, 0.25) is 0 Å². The summed E-state index contributed by atoms with van der Waals surface area (Å²) in [4.78, 5) is 69.0. The van der Waals surface area contributed by atoms with Gasteiger partial charge in [0.25, 0.3) is 11.5 Å². The van der Waals surface area contributed by atoms with Crippen LogP contribution in [0.5, 0.6) is 11.5 Å². The van der Waals surface area contributed by atoms with Gasteiger partial charge in [0.2, 0.25) is 11.7 Å². The zero-order valence-electron chi connectivity index (χ0n) is 29.8. The van der Waals surface area contributed by atoms with Gasteiger partial charge in [-0.15, -0.1) is 0 Å². The molecule has 0 saturated carbocycles. The number of nitrogens with two attached hydrogens (primary N) is 1. The molecule has 6 rings (SSSR count). The summed E-state index contributed by atoms with van der Waals surface area (Å²) in [6.07, 6.45) is -4.11. The highest BCUT2D eigenvalue weighted by molar-refractivity contribution is 5.97. The third-order valence-corrected chi connectivity index (χ3v) is 8.93. The Morgan fingerprint density at radius 2 is 1.77 bits per heavy atom. The van der Waals surface area contributed by atoms with Crippen LogP contribution in [0.4, 0.5) is 11.8 Å². The minimum Gasteiger partial charge on any atom is -0.493 e. The lowest BCUT2D eigenvalue weighted by atomic mass is 10.1. The lowest BCUT2D eigenvalue weighted by Gasteiger charge is -2.17. The fourth-order valence-corrected chi connectivity index (χ4v) is 6.29. The second-order valence-electron chi connectivity index (χ2n) is 12.2. The number of anilines is 2. The average Bonchev–Trinajstić information content (AvgIpc) is 3.81. The van der Waals surface area contributed by atoms with Crippen molar-refractivity contribution in [2.45, 2.75) is 64.8 Å². The van der Waals surface area contributed by atoms with E-state index in [0.29, 0.717) is 23.6 Å². The summed E-state index contributed by atoms with van der Waals surface area (Å²) in [5, 5.41) is 26.7. The van der Waals surface area contributed by atoms with E-state index in [1.165, 1.54) is 27.1 Å². The Hall–Kier alpha value is -5.86. The first-order valence-electron chi connectivity index (χ1n) is 17.0. The SMILES string of the molecule is CCNC(=O)C1O[C@@H](n2cnc3c(N)nc(NCCOc4ccc(CC(=O)c5nc6c(c(=O)n(CC)c(=O)n6CC)n5C)cc4OC)nc32)[C@H](O)[C@@H]1O. The molecule has 282 valence electrons. The number of nitrogens with one attached hydrogen (secondary N) is 2. The van der Waals surface area contributed by atoms with Crippen molar-refractivity contribution in [2.75, 3.05) is 37.9 Å². The number of aryl methyl sites for hydroxylation is 2. The van der Waals surface area contributed by atoms with Crippen molar-refractivity contribution >= 4 is 45.8 Å². The third-order valence-electron chi connectivity index (χ3n) is 8.93. The molecule has 1 saturated heterocycles. The second-order valence-corrected chi connectivity index (χ2v) is 12.2. The zero-order chi connectivity index (χ0) is 38.1. The molecule has 1 fully saturated rings. The van der Waals surface area contributed by atoms with Crippen LogP contribution in [0.1, 0.15) is 43.2 Å². The van der Waals surface area contributed by atoms with Crippen molar-refractivity contribution < 1.29 is 34.0 Å². The highest BCUT2D eigenvalue weighted by atomic mass is 16.6. The van der Waals surface area contributed by atoms with Crippen LogP contribution in [-0.4, -0.2) is 105 Å². The molecule has 53 heavy (non-hydrogen) atoms. The van der Waals surface area contributed by atoms with Crippen LogP contribution < -0.4 is 37.1 Å². The number of ether oxygens (including phenoxy) is 3. The van der Waals surface area contributed by atoms with Gasteiger partial charge in [0.05, 0.1) is 20.0 Å². The molecular formula is C33H41N11O9. The molecule has 1 aliphatic rings. The van der Waals surface area contributed by atoms with Gasteiger partial charge in [-0.05, 0) is 38.5 Å². The smallest absolute Gasteiger partial charge is 0.332 e. The number of ketones is 1. The third kappa shape index (κ3) is 6.66. The van der Waals surface area contributed by atoms with Gasteiger partial charge < -0.3 is 45.4 Å². The topological polar surface area (TPSA) is 258 Å². The molecule has 20 heteroatoms. The first-order valence-corrected chi connectivity index (χ1v) is 17.0. The molecule has 5 heterocycles. The summed E-state index contributed by atoms with van der Waals surface area (Å²) in [5.41, 5.74) is 6.56. The minimum atomic E-state index is -1.48. The summed E-state index contributed by atoms with van der Waals surface area (Å²) < 4.78 is 22.5. The van der Waals surface area contributed by atoms with E-state index in [1.807, 2.05) is 0 Å². The zero-order valence-corrected chi connectivity index (χ0v) is 29.8. The molecule has 1 aliphatic heterocycles. The Morgan fingerprint density at radius 3 is 2.47 bits per heavy atom. The number of hydrogen-bond acceptors (Lipinski definition) is 15. The number of hydrogen-bond donors (Lipinski definition) is 5. The van der Waals surface area contributed by atoms with Crippen molar-refractivity contribution in [1.82, 2.24) is 43.5 Å². The number of Topliss-reactive ketones (excluding diaryl/α,β-unsaturated/α-hetero) is 1. The van der Waals surface area contributed by atoms with Crippen molar-refractivity contribution in [3.8, 4) is 11.5 Å². The van der Waals surface area contributed by atoms with E-state index in [-0.39, 0.29) is 78.4 Å². The van der Waals surface area contributed by atoms with E-state index in [1.54, 1.807) is 46.0 Å². The maximum Gasteiger partial charge on any atom is 0.332 e. The van der Waals surface area contributed by atoms with E-state index >= 15 is 0 Å². The molecule has 0 spiro atoms. The van der Waals surface area contributed by atoms with Crippen molar-refractivity contribution in [3.05, 3.63) is 56.8 Å². The fraction of sp³-hybridized carbons (Fsp3) is 0.455. The lowest BCUT2D eigenvalue weighted by Crippen LogP contribution is -2.42. The molecule has 1 unspecified atom stereocenters. The van der Waals surface area contributed by atoms with Gasteiger partial charge in [-0.2, -0.15) is 9.97 Å². The summed E-state index contributed by atoms with van der Waals surface area (Å²) in [7, 11) is 3.05. The first-order chi connectivity index (χ1) is 25.4. The average molecular weight is 736 g/mol. The van der Waals surface area contributed by atoms with Crippen molar-refractivity contribution in [3.63, 3.8) is 0 Å². The standard InChI is InChI=1S/C33H41N11O9/c1-6-35-29(48)24-22(46)23(47)31(53-24)44-15-37-20-25(34)38-32(40-27(20)44)36-11-12-52-18-10-9-16(14-19(18)51-5)13-17(45)26-39-28-21(41(26)4)30(49)43(8-3)33(50)42(28)7-2/h9-10,14-15,22-24,31,46-47H,6-8,11-13H2,1-5H3,(H,35,48)(H3,34,36,38,40)/t22-,23+,24?,31+/m0/s1. The van der Waals surface area contributed by atoms with E-state index < -0.39 is 41.7 Å². The van der Waals surface area contributed by atoms with Crippen molar-refractivity contribution in [1.29, 1.82) is 0 Å². The van der Waals surface area contributed by atoms with Gasteiger partial charge in [0.1, 0.15) is 24.3 Å². The van der Waals surface area contributed by atoms with Crippen molar-refractivity contribution in [2.24, 2.45) is 7.05 Å². The summed E-state index contributed by atoms with van der Waals surface area (Å²) in [5.74, 6) is 0.0906. The Labute approximate surface area is 301 Å². The second kappa shape index (κ2) is 15.0. The fourth-order valence-electron chi connectivity index (χ4n) is 6.29. The molecule has 6 N–H and O–H groups in total. The largest absolute Gasteiger partial charge is 0.493 e. The normalized spacial score (nSPS) is 18.5. The number of rotatable bonds is 14. The van der Waals surface area contributed by atoms with Crippen LogP contribution in [0.15, 0.2) is 34.1 Å². The van der Waals surface area contributed by atoms with E-state index in [9.17, 15) is 29.4 Å². The summed E-state index contributed by atoms with van der Waals surface area (Å²) in [6.45, 7) is 6.35. The lowest BCUT2D eigenvalue weighted by molar-refractivity contribution is -0.137. The number of benzene rings is 1. The molecule has 1 amide bonds. The quantitative estimate of drug-likeness (QED) is 0.0701. The highest BCUT2D eigenvalue weighted by Gasteiger charge is 2.47. The molecule has 0 radical (unpaired) electrons. The molecule has 1 aromatic carbocycles. The number of aliphatic hydroxyl groups is 2. The predicted molar refractivity (Wildman–Crippen MR) is 190 cm³/mol. The number of aromatic nitrogens is 8. The molecule has 5 aromatic rings.